The van der Waals surface area contributed by atoms with Crippen LogP contribution >= 0.6 is 23.2 Å². The van der Waals surface area contributed by atoms with Crippen LogP contribution in [-0.2, 0) is 0 Å². The Morgan fingerprint density at radius 1 is 1.29 bits per heavy atom. The maximum atomic E-state index is 9.38. The topological polar surface area (TPSA) is 35.8 Å². The Labute approximate surface area is 136 Å². The zero-order chi connectivity index (χ0) is 16.0. The summed E-state index contributed by atoms with van der Waals surface area (Å²) in [5.74, 6) is -0.0259. The molecule has 116 valence electrons. The molecule has 0 saturated carbocycles. The average Bonchev–Trinajstić information content (AvgIpc) is 2.40. The van der Waals surface area contributed by atoms with Gasteiger partial charge < -0.3 is 10.1 Å². The molecule has 0 heterocycles. The summed E-state index contributed by atoms with van der Waals surface area (Å²) in [6.45, 7) is 4.68. The Bertz CT molecular complexity index is 535. The van der Waals surface area contributed by atoms with E-state index in [0.29, 0.717) is 22.3 Å². The highest BCUT2D eigenvalue weighted by molar-refractivity contribution is 6.42. The van der Waals surface area contributed by atoms with Crippen molar-refractivity contribution < 1.29 is 5.21 Å². The molecule has 1 rings (SSSR count). The normalized spacial score (nSPS) is 13.4. The van der Waals surface area contributed by atoms with Crippen LogP contribution in [0.1, 0.15) is 31.7 Å². The highest BCUT2D eigenvalue weighted by Crippen LogP contribution is 2.29. The molecule has 0 aliphatic heterocycles. The van der Waals surface area contributed by atoms with E-state index in [4.69, 9.17) is 23.2 Å². The van der Waals surface area contributed by atoms with E-state index in [2.05, 4.69) is 11.2 Å². The van der Waals surface area contributed by atoms with Gasteiger partial charge in [0.15, 0.2) is 0 Å². The Kier molecular flexibility index (Phi) is 7.23. The quantitative estimate of drug-likeness (QED) is 0.351. The van der Waals surface area contributed by atoms with Crippen molar-refractivity contribution in [3.8, 4) is 0 Å². The van der Waals surface area contributed by atoms with E-state index in [-0.39, 0.29) is 5.92 Å². The second-order valence-electron chi connectivity index (χ2n) is 5.57. The lowest BCUT2D eigenvalue weighted by atomic mass is 9.90. The summed E-state index contributed by atoms with van der Waals surface area (Å²) in [5.41, 5.74) is 2.93. The zero-order valence-electron chi connectivity index (χ0n) is 12.9. The Balaban J connectivity index is 3.17. The standard InChI is InChI=1S/C16H22Cl2N2O/c1-11(2)5-7-13(16(19-21)10-20(3)4)12-6-8-14(17)15(18)9-12/h5-6,8-9,13,21H,7,10H2,1-4H3/b19-16+. The summed E-state index contributed by atoms with van der Waals surface area (Å²) in [7, 11) is 3.88. The lowest BCUT2D eigenvalue weighted by Crippen LogP contribution is -2.27. The molecule has 1 N–H and O–H groups in total. The summed E-state index contributed by atoms with van der Waals surface area (Å²) >= 11 is 12.1. The summed E-state index contributed by atoms with van der Waals surface area (Å²) in [5, 5.41) is 13.9. The predicted octanol–water partition coefficient (Wildman–Crippen LogP) is 4.83. The van der Waals surface area contributed by atoms with Gasteiger partial charge in [0.25, 0.3) is 0 Å². The Hall–Kier alpha value is -1.03. The highest BCUT2D eigenvalue weighted by Gasteiger charge is 2.19. The number of oxime groups is 1. The van der Waals surface area contributed by atoms with E-state index in [1.807, 2.05) is 45.0 Å². The summed E-state index contributed by atoms with van der Waals surface area (Å²) < 4.78 is 0. The molecule has 0 aromatic heterocycles. The molecule has 0 amide bonds. The van der Waals surface area contributed by atoms with Gasteiger partial charge in [0, 0.05) is 12.5 Å². The van der Waals surface area contributed by atoms with Crippen LogP contribution in [0.2, 0.25) is 10.0 Å². The van der Waals surface area contributed by atoms with Gasteiger partial charge in [-0.25, -0.2) is 0 Å². The number of hydrogen-bond donors (Lipinski definition) is 1. The van der Waals surface area contributed by atoms with Gasteiger partial charge in [-0.3, -0.25) is 0 Å². The van der Waals surface area contributed by atoms with Gasteiger partial charge in [-0.15, -0.1) is 0 Å². The number of rotatable bonds is 6. The molecule has 0 fully saturated rings. The lowest BCUT2D eigenvalue weighted by molar-refractivity contribution is 0.311. The van der Waals surface area contributed by atoms with Gasteiger partial charge in [-0.1, -0.05) is 46.1 Å². The van der Waals surface area contributed by atoms with Crippen molar-refractivity contribution in [3.63, 3.8) is 0 Å². The molecule has 0 aliphatic carbocycles. The molecule has 1 unspecified atom stereocenters. The first kappa shape index (κ1) is 18.0. The van der Waals surface area contributed by atoms with E-state index < -0.39 is 0 Å². The minimum absolute atomic E-state index is 0.0259. The molecule has 1 atom stereocenters. The second kappa shape index (κ2) is 8.42. The fourth-order valence-corrected chi connectivity index (χ4v) is 2.39. The predicted molar refractivity (Wildman–Crippen MR) is 91.0 cm³/mol. The molecule has 0 saturated heterocycles. The molecule has 21 heavy (non-hydrogen) atoms. The fourth-order valence-electron chi connectivity index (χ4n) is 2.08. The van der Waals surface area contributed by atoms with Gasteiger partial charge in [0.05, 0.1) is 15.8 Å². The van der Waals surface area contributed by atoms with Crippen molar-refractivity contribution >= 4 is 28.9 Å². The summed E-state index contributed by atoms with van der Waals surface area (Å²) in [6.07, 6.45) is 2.89. The molecular formula is C16H22Cl2N2O. The molecule has 1 aromatic rings. The van der Waals surface area contributed by atoms with Crippen molar-refractivity contribution in [3.05, 3.63) is 45.5 Å². The summed E-state index contributed by atoms with van der Waals surface area (Å²) in [6, 6.07) is 5.55. The van der Waals surface area contributed by atoms with Crippen LogP contribution in [0.25, 0.3) is 0 Å². The van der Waals surface area contributed by atoms with Crippen molar-refractivity contribution in [1.82, 2.24) is 4.90 Å². The van der Waals surface area contributed by atoms with E-state index in [9.17, 15) is 5.21 Å². The van der Waals surface area contributed by atoms with Crippen LogP contribution in [0, 0.1) is 0 Å². The van der Waals surface area contributed by atoms with Crippen LogP contribution in [0.5, 0.6) is 0 Å². The minimum atomic E-state index is -0.0259. The monoisotopic (exact) mass is 328 g/mol. The number of benzene rings is 1. The first-order valence-electron chi connectivity index (χ1n) is 6.79. The van der Waals surface area contributed by atoms with Crippen molar-refractivity contribution in [1.29, 1.82) is 0 Å². The smallest absolute Gasteiger partial charge is 0.0787 e. The lowest BCUT2D eigenvalue weighted by Gasteiger charge is -2.21. The second-order valence-corrected chi connectivity index (χ2v) is 6.39. The van der Waals surface area contributed by atoms with Gasteiger partial charge in [-0.05, 0) is 52.1 Å². The largest absolute Gasteiger partial charge is 0.411 e. The minimum Gasteiger partial charge on any atom is -0.411 e. The zero-order valence-corrected chi connectivity index (χ0v) is 14.4. The fraction of sp³-hybridized carbons (Fsp3) is 0.438. The first-order chi connectivity index (χ1) is 9.85. The summed E-state index contributed by atoms with van der Waals surface area (Å²) in [4.78, 5) is 1.97. The van der Waals surface area contributed by atoms with Gasteiger partial charge in [0.1, 0.15) is 0 Å². The number of halogens is 2. The van der Waals surface area contributed by atoms with Crippen molar-refractivity contribution in [2.45, 2.75) is 26.2 Å². The Morgan fingerprint density at radius 3 is 2.43 bits per heavy atom. The molecule has 5 heteroatoms. The highest BCUT2D eigenvalue weighted by atomic mass is 35.5. The maximum absolute atomic E-state index is 9.38. The number of nitrogens with zero attached hydrogens (tertiary/aromatic N) is 2. The van der Waals surface area contributed by atoms with Gasteiger partial charge >= 0.3 is 0 Å². The van der Waals surface area contributed by atoms with Crippen LogP contribution in [-0.4, -0.2) is 36.5 Å². The molecule has 3 nitrogen and oxygen atoms in total. The van der Waals surface area contributed by atoms with Crippen LogP contribution in [0.3, 0.4) is 0 Å². The van der Waals surface area contributed by atoms with E-state index in [0.717, 1.165) is 12.0 Å². The first-order valence-corrected chi connectivity index (χ1v) is 7.54. The molecule has 0 bridgehead atoms. The van der Waals surface area contributed by atoms with Gasteiger partial charge in [-0.2, -0.15) is 0 Å². The third kappa shape index (κ3) is 5.70. The third-order valence-electron chi connectivity index (χ3n) is 3.12. The van der Waals surface area contributed by atoms with Crippen molar-refractivity contribution in [2.75, 3.05) is 20.6 Å². The third-order valence-corrected chi connectivity index (χ3v) is 3.86. The molecule has 0 aliphatic rings. The average molecular weight is 329 g/mol. The molecular weight excluding hydrogens is 307 g/mol. The van der Waals surface area contributed by atoms with Crippen LogP contribution in [0.4, 0.5) is 0 Å². The van der Waals surface area contributed by atoms with E-state index >= 15 is 0 Å². The van der Waals surface area contributed by atoms with Gasteiger partial charge in [0.2, 0.25) is 0 Å². The number of allylic oxidation sites excluding steroid dienone is 2. The maximum Gasteiger partial charge on any atom is 0.0787 e. The molecule has 0 spiro atoms. The molecule has 1 aromatic carbocycles. The van der Waals surface area contributed by atoms with Crippen molar-refractivity contribution in [2.24, 2.45) is 5.16 Å². The van der Waals surface area contributed by atoms with E-state index in [1.165, 1.54) is 5.57 Å². The Morgan fingerprint density at radius 2 is 1.95 bits per heavy atom. The SMILES string of the molecule is CC(C)=CCC(/C(CN(C)C)=N/O)c1ccc(Cl)c(Cl)c1. The van der Waals surface area contributed by atoms with Crippen LogP contribution < -0.4 is 0 Å². The van der Waals surface area contributed by atoms with Crippen LogP contribution in [0.15, 0.2) is 35.0 Å². The van der Waals surface area contributed by atoms with E-state index in [1.54, 1.807) is 6.07 Å². The molecule has 0 radical (unpaired) electrons. The number of hydrogen-bond acceptors (Lipinski definition) is 3.